The SMILES string of the molecule is O=C1CCC(N2Cc3c(ccc(N4CCC(/C=C\CCNCCCF)CC4)c3F)C2=O)C(=O)N1. The van der Waals surface area contributed by atoms with Crippen molar-refractivity contribution < 1.29 is 23.2 Å². The highest BCUT2D eigenvalue weighted by atomic mass is 19.1. The molecule has 2 N–H and O–H groups in total. The zero-order chi connectivity index (χ0) is 24.1. The van der Waals surface area contributed by atoms with Crippen LogP contribution < -0.4 is 15.5 Å². The van der Waals surface area contributed by atoms with Crippen LogP contribution in [-0.4, -0.2) is 61.5 Å². The molecule has 0 spiro atoms. The molecule has 0 aromatic heterocycles. The fraction of sp³-hybridized carbons (Fsp3) is 0.560. The lowest BCUT2D eigenvalue weighted by atomic mass is 9.95. The molecule has 34 heavy (non-hydrogen) atoms. The van der Waals surface area contributed by atoms with E-state index in [4.69, 9.17) is 0 Å². The fourth-order valence-electron chi connectivity index (χ4n) is 4.96. The molecule has 0 bridgehead atoms. The molecule has 0 radical (unpaired) electrons. The Labute approximate surface area is 198 Å². The van der Waals surface area contributed by atoms with Crippen LogP contribution in [0.25, 0.3) is 0 Å². The number of hydrogen-bond acceptors (Lipinski definition) is 5. The largest absolute Gasteiger partial charge is 0.369 e. The Morgan fingerprint density at radius 1 is 1.12 bits per heavy atom. The van der Waals surface area contributed by atoms with Gasteiger partial charge in [-0.25, -0.2) is 4.39 Å². The lowest BCUT2D eigenvalue weighted by Crippen LogP contribution is -2.52. The highest BCUT2D eigenvalue weighted by Gasteiger charge is 2.40. The molecule has 3 aliphatic heterocycles. The minimum atomic E-state index is -0.748. The van der Waals surface area contributed by atoms with Crippen LogP contribution in [0.1, 0.15) is 54.4 Å². The molecule has 7 nitrogen and oxygen atoms in total. The first-order valence-corrected chi connectivity index (χ1v) is 12.1. The topological polar surface area (TPSA) is 81.8 Å². The van der Waals surface area contributed by atoms with Crippen LogP contribution in [-0.2, 0) is 16.1 Å². The number of imide groups is 1. The van der Waals surface area contributed by atoms with Crippen molar-refractivity contribution in [1.82, 2.24) is 15.5 Å². The fourth-order valence-corrected chi connectivity index (χ4v) is 4.96. The minimum Gasteiger partial charge on any atom is -0.369 e. The van der Waals surface area contributed by atoms with Crippen molar-refractivity contribution in [2.75, 3.05) is 37.8 Å². The summed E-state index contributed by atoms with van der Waals surface area (Å²) in [4.78, 5) is 39.9. The molecule has 2 fully saturated rings. The number of anilines is 1. The van der Waals surface area contributed by atoms with Crippen LogP contribution >= 0.6 is 0 Å². The molecule has 2 saturated heterocycles. The van der Waals surface area contributed by atoms with E-state index in [1.807, 2.05) is 4.90 Å². The number of alkyl halides is 1. The van der Waals surface area contributed by atoms with Crippen molar-refractivity contribution in [3.05, 3.63) is 41.2 Å². The first-order valence-electron chi connectivity index (χ1n) is 12.1. The molecule has 1 atom stereocenters. The van der Waals surface area contributed by atoms with Gasteiger partial charge in [-0.15, -0.1) is 0 Å². The molecule has 184 valence electrons. The van der Waals surface area contributed by atoms with Gasteiger partial charge in [-0.05, 0) is 63.2 Å². The van der Waals surface area contributed by atoms with E-state index in [0.717, 1.165) is 38.9 Å². The third-order valence-electron chi connectivity index (χ3n) is 6.89. The van der Waals surface area contributed by atoms with Crippen molar-refractivity contribution >= 4 is 23.4 Å². The van der Waals surface area contributed by atoms with E-state index in [9.17, 15) is 18.8 Å². The van der Waals surface area contributed by atoms with Crippen molar-refractivity contribution in [2.24, 2.45) is 5.92 Å². The van der Waals surface area contributed by atoms with Gasteiger partial charge in [0.25, 0.3) is 5.91 Å². The van der Waals surface area contributed by atoms with E-state index in [1.165, 1.54) is 4.90 Å². The Morgan fingerprint density at radius 2 is 1.91 bits per heavy atom. The van der Waals surface area contributed by atoms with Crippen LogP contribution in [0.5, 0.6) is 0 Å². The van der Waals surface area contributed by atoms with E-state index >= 15 is 4.39 Å². The molecule has 1 unspecified atom stereocenters. The summed E-state index contributed by atoms with van der Waals surface area (Å²) < 4.78 is 27.6. The molecule has 3 heterocycles. The van der Waals surface area contributed by atoms with Crippen LogP contribution in [0.4, 0.5) is 14.5 Å². The molecule has 3 aliphatic rings. The van der Waals surface area contributed by atoms with Gasteiger partial charge >= 0.3 is 0 Å². The first kappa shape index (κ1) is 24.3. The Bertz CT molecular complexity index is 960. The summed E-state index contributed by atoms with van der Waals surface area (Å²) in [5, 5.41) is 5.47. The number of piperidine rings is 2. The summed E-state index contributed by atoms with van der Waals surface area (Å²) in [5.41, 5.74) is 1.12. The van der Waals surface area contributed by atoms with Crippen LogP contribution in [0.2, 0.25) is 0 Å². The third kappa shape index (κ3) is 5.29. The second kappa shape index (κ2) is 11.1. The van der Waals surface area contributed by atoms with Crippen molar-refractivity contribution in [3.8, 4) is 0 Å². The van der Waals surface area contributed by atoms with Gasteiger partial charge in [0.15, 0.2) is 5.82 Å². The third-order valence-corrected chi connectivity index (χ3v) is 6.89. The average Bonchev–Trinajstić information content (AvgIpc) is 3.16. The number of allylic oxidation sites excluding steroid dienone is 1. The Balaban J connectivity index is 1.33. The monoisotopic (exact) mass is 474 g/mol. The number of halogens is 2. The number of carbonyl (C=O) groups is 3. The van der Waals surface area contributed by atoms with Crippen LogP contribution in [0.3, 0.4) is 0 Å². The van der Waals surface area contributed by atoms with E-state index in [-0.39, 0.29) is 37.9 Å². The van der Waals surface area contributed by atoms with Crippen LogP contribution in [0.15, 0.2) is 24.3 Å². The molecule has 0 saturated carbocycles. The second-order valence-corrected chi connectivity index (χ2v) is 9.16. The normalized spacial score (nSPS) is 21.5. The quantitative estimate of drug-likeness (QED) is 0.327. The number of amides is 3. The summed E-state index contributed by atoms with van der Waals surface area (Å²) in [5.74, 6) is -1.15. The number of benzene rings is 1. The van der Waals surface area contributed by atoms with Gasteiger partial charge in [0.05, 0.1) is 18.9 Å². The van der Waals surface area contributed by atoms with Crippen molar-refractivity contribution in [2.45, 2.75) is 51.1 Å². The molecular weight excluding hydrogens is 442 g/mol. The van der Waals surface area contributed by atoms with Crippen molar-refractivity contribution in [3.63, 3.8) is 0 Å². The highest BCUT2D eigenvalue weighted by molar-refractivity contribution is 6.05. The summed E-state index contributed by atoms with van der Waals surface area (Å²) in [7, 11) is 0. The summed E-state index contributed by atoms with van der Waals surface area (Å²) >= 11 is 0. The second-order valence-electron chi connectivity index (χ2n) is 9.16. The lowest BCUT2D eigenvalue weighted by Gasteiger charge is -2.33. The number of nitrogens with zero attached hydrogens (tertiary/aromatic N) is 2. The standard InChI is InChI=1S/C25H32F2N4O3/c26-11-3-13-28-12-2-1-4-17-9-14-30(15-10-17)20-6-5-18-19(23(20)27)16-31(25(18)34)21-7-8-22(32)29-24(21)33/h1,4-6,17,21,28H,2-3,7-16H2,(H,29,32,33)/b4-1-. The van der Waals surface area contributed by atoms with Gasteiger partial charge in [0, 0.05) is 30.6 Å². The zero-order valence-corrected chi connectivity index (χ0v) is 19.3. The number of nitrogens with one attached hydrogen (secondary N) is 2. The average molecular weight is 475 g/mol. The van der Waals surface area contributed by atoms with Crippen LogP contribution in [0, 0.1) is 11.7 Å². The maximum absolute atomic E-state index is 15.5. The van der Waals surface area contributed by atoms with Gasteiger partial charge in [0.1, 0.15) is 6.04 Å². The van der Waals surface area contributed by atoms with Gasteiger partial charge < -0.3 is 15.1 Å². The molecule has 3 amide bonds. The predicted molar refractivity (Wildman–Crippen MR) is 125 cm³/mol. The predicted octanol–water partition coefficient (Wildman–Crippen LogP) is 2.70. The number of rotatable bonds is 9. The van der Waals surface area contributed by atoms with Crippen molar-refractivity contribution in [1.29, 1.82) is 0 Å². The number of carbonyl (C=O) groups excluding carboxylic acids is 3. The molecule has 4 rings (SSSR count). The van der Waals surface area contributed by atoms with Gasteiger partial charge in [-0.3, -0.25) is 24.1 Å². The molecule has 1 aromatic rings. The number of hydrogen-bond donors (Lipinski definition) is 2. The van der Waals surface area contributed by atoms with E-state index in [2.05, 4.69) is 22.8 Å². The molecule has 0 aliphatic carbocycles. The zero-order valence-electron chi connectivity index (χ0n) is 19.3. The maximum Gasteiger partial charge on any atom is 0.255 e. The van der Waals surface area contributed by atoms with E-state index in [1.54, 1.807) is 12.1 Å². The minimum absolute atomic E-state index is 0.0404. The molecular formula is C25H32F2N4O3. The van der Waals surface area contributed by atoms with Gasteiger partial charge in [-0.1, -0.05) is 12.2 Å². The summed E-state index contributed by atoms with van der Waals surface area (Å²) in [6.45, 7) is 2.74. The van der Waals surface area contributed by atoms with Gasteiger partial charge in [-0.2, -0.15) is 0 Å². The molecule has 9 heteroatoms. The smallest absolute Gasteiger partial charge is 0.255 e. The number of fused-ring (bicyclic) bond motifs is 1. The first-order chi connectivity index (χ1) is 16.5. The van der Waals surface area contributed by atoms with Gasteiger partial charge in [0.2, 0.25) is 11.8 Å². The summed E-state index contributed by atoms with van der Waals surface area (Å²) in [6.07, 6.45) is 8.11. The highest BCUT2D eigenvalue weighted by Crippen LogP contribution is 2.35. The Kier molecular flexibility index (Phi) is 7.92. The van der Waals surface area contributed by atoms with E-state index < -0.39 is 17.8 Å². The Morgan fingerprint density at radius 3 is 2.65 bits per heavy atom. The maximum atomic E-state index is 15.5. The molecule has 1 aromatic carbocycles. The Hall–Kier alpha value is -2.81. The summed E-state index contributed by atoms with van der Waals surface area (Å²) in [6, 6.07) is 2.57. The lowest BCUT2D eigenvalue weighted by molar-refractivity contribution is -0.136. The van der Waals surface area contributed by atoms with E-state index in [0.29, 0.717) is 35.7 Å².